The molecule has 1 aliphatic rings. The van der Waals surface area contributed by atoms with Gasteiger partial charge in [0.15, 0.2) is 0 Å². The molecular formula is C16H20N4O2S. The fourth-order valence-electron chi connectivity index (χ4n) is 2.83. The summed E-state index contributed by atoms with van der Waals surface area (Å²) in [6, 6.07) is 10.7. The van der Waals surface area contributed by atoms with Crippen LogP contribution in [0, 0.1) is 0 Å². The van der Waals surface area contributed by atoms with E-state index < -0.39 is 5.97 Å². The molecule has 1 saturated carbocycles. The van der Waals surface area contributed by atoms with E-state index in [4.69, 9.17) is 5.11 Å². The number of likely N-dealkylation sites (N-methyl/N-ethyl adjacent to an activating group) is 1. The molecule has 0 amide bonds. The van der Waals surface area contributed by atoms with Crippen LogP contribution >= 0.6 is 11.3 Å². The second-order valence-corrected chi connectivity index (χ2v) is 6.68. The van der Waals surface area contributed by atoms with Crippen LogP contribution in [0.4, 0.5) is 5.13 Å². The number of carbonyl (C=O) groups is 1. The summed E-state index contributed by atoms with van der Waals surface area (Å²) in [5, 5.41) is 22.5. The van der Waals surface area contributed by atoms with Gasteiger partial charge in [-0.2, -0.15) is 0 Å². The Kier molecular flexibility index (Phi) is 4.88. The number of carboxylic acids is 1. The highest BCUT2D eigenvalue weighted by Crippen LogP contribution is 2.31. The molecule has 1 aliphatic carbocycles. The number of carboxylic acid groups (broad SMARTS) is 1. The molecule has 2 aromatic rings. The van der Waals surface area contributed by atoms with Crippen LogP contribution < -0.4 is 5.32 Å². The van der Waals surface area contributed by atoms with Crippen LogP contribution in [0.1, 0.15) is 19.8 Å². The van der Waals surface area contributed by atoms with Crippen molar-refractivity contribution in [3.05, 3.63) is 30.3 Å². The summed E-state index contributed by atoms with van der Waals surface area (Å²) in [4.78, 5) is 12.9. The topological polar surface area (TPSA) is 78.4 Å². The van der Waals surface area contributed by atoms with E-state index in [9.17, 15) is 4.79 Å². The summed E-state index contributed by atoms with van der Waals surface area (Å²) in [5.74, 6) is -0.764. The van der Waals surface area contributed by atoms with E-state index in [0.717, 1.165) is 35.1 Å². The maximum Gasteiger partial charge on any atom is 0.317 e. The minimum absolute atomic E-state index is 0.116. The van der Waals surface area contributed by atoms with Crippen LogP contribution in [-0.4, -0.2) is 51.3 Å². The fourth-order valence-corrected chi connectivity index (χ4v) is 3.66. The lowest BCUT2D eigenvalue weighted by Gasteiger charge is -2.42. The summed E-state index contributed by atoms with van der Waals surface area (Å²) in [6.07, 6.45) is 1.89. The standard InChI is InChI=1S/C16H20N4O2S/c1-2-20(10-14(21)22)13-8-12(9-13)17-16-19-18-15(23-16)11-6-4-3-5-7-11/h3-7,12-13H,2,8-10H2,1H3,(H,17,19)(H,21,22). The van der Waals surface area contributed by atoms with Crippen molar-refractivity contribution in [2.45, 2.75) is 31.8 Å². The quantitative estimate of drug-likeness (QED) is 0.811. The molecule has 2 N–H and O–H groups in total. The van der Waals surface area contributed by atoms with Crippen molar-refractivity contribution in [2.24, 2.45) is 0 Å². The summed E-state index contributed by atoms with van der Waals surface area (Å²) >= 11 is 1.55. The predicted octanol–water partition coefficient (Wildman–Crippen LogP) is 2.55. The summed E-state index contributed by atoms with van der Waals surface area (Å²) < 4.78 is 0. The zero-order chi connectivity index (χ0) is 16.2. The number of hydrogen-bond donors (Lipinski definition) is 2. The van der Waals surface area contributed by atoms with E-state index in [1.807, 2.05) is 42.2 Å². The van der Waals surface area contributed by atoms with Gasteiger partial charge in [-0.25, -0.2) is 0 Å². The Morgan fingerprint density at radius 1 is 1.35 bits per heavy atom. The van der Waals surface area contributed by atoms with Gasteiger partial charge in [0.25, 0.3) is 0 Å². The first-order valence-corrected chi connectivity index (χ1v) is 8.58. The van der Waals surface area contributed by atoms with Crippen LogP contribution in [0.25, 0.3) is 10.6 Å². The van der Waals surface area contributed by atoms with Crippen molar-refractivity contribution in [2.75, 3.05) is 18.4 Å². The molecule has 6 nitrogen and oxygen atoms in total. The Bertz CT molecular complexity index is 655. The van der Waals surface area contributed by atoms with Gasteiger partial charge in [-0.1, -0.05) is 48.6 Å². The van der Waals surface area contributed by atoms with Gasteiger partial charge in [-0.05, 0) is 19.4 Å². The number of benzene rings is 1. The van der Waals surface area contributed by atoms with Crippen molar-refractivity contribution in [3.8, 4) is 10.6 Å². The lowest BCUT2D eigenvalue weighted by molar-refractivity contribution is -0.139. The van der Waals surface area contributed by atoms with Gasteiger partial charge in [-0.15, -0.1) is 10.2 Å². The Morgan fingerprint density at radius 3 is 2.74 bits per heavy atom. The zero-order valence-corrected chi connectivity index (χ0v) is 13.8. The molecule has 0 bridgehead atoms. The van der Waals surface area contributed by atoms with E-state index in [0.29, 0.717) is 12.1 Å². The molecule has 0 unspecified atom stereocenters. The van der Waals surface area contributed by atoms with Crippen molar-refractivity contribution < 1.29 is 9.90 Å². The Morgan fingerprint density at radius 2 is 2.09 bits per heavy atom. The van der Waals surface area contributed by atoms with Gasteiger partial charge in [0.2, 0.25) is 5.13 Å². The number of hydrogen-bond acceptors (Lipinski definition) is 6. The number of anilines is 1. The molecule has 1 fully saturated rings. The van der Waals surface area contributed by atoms with Crippen molar-refractivity contribution in [1.29, 1.82) is 0 Å². The largest absolute Gasteiger partial charge is 0.480 e. The monoisotopic (exact) mass is 332 g/mol. The Hall–Kier alpha value is -1.99. The number of rotatable bonds is 7. The predicted molar refractivity (Wildman–Crippen MR) is 90.7 cm³/mol. The minimum Gasteiger partial charge on any atom is -0.480 e. The molecule has 0 radical (unpaired) electrons. The molecule has 0 atom stereocenters. The van der Waals surface area contributed by atoms with Crippen LogP contribution in [0.15, 0.2) is 30.3 Å². The lowest BCUT2D eigenvalue weighted by atomic mass is 9.85. The van der Waals surface area contributed by atoms with Crippen LogP contribution in [-0.2, 0) is 4.79 Å². The highest BCUT2D eigenvalue weighted by molar-refractivity contribution is 7.18. The molecule has 0 spiro atoms. The second kappa shape index (κ2) is 7.06. The number of aliphatic carboxylic acids is 1. The second-order valence-electron chi connectivity index (χ2n) is 5.70. The van der Waals surface area contributed by atoms with Crippen LogP contribution in [0.5, 0.6) is 0 Å². The van der Waals surface area contributed by atoms with E-state index in [1.54, 1.807) is 11.3 Å². The van der Waals surface area contributed by atoms with Gasteiger partial charge in [0.1, 0.15) is 5.01 Å². The summed E-state index contributed by atoms with van der Waals surface area (Å²) in [6.45, 7) is 2.88. The van der Waals surface area contributed by atoms with Gasteiger partial charge >= 0.3 is 5.97 Å². The van der Waals surface area contributed by atoms with E-state index >= 15 is 0 Å². The molecule has 3 rings (SSSR count). The van der Waals surface area contributed by atoms with E-state index in [2.05, 4.69) is 15.5 Å². The van der Waals surface area contributed by atoms with Crippen molar-refractivity contribution in [1.82, 2.24) is 15.1 Å². The molecule has 122 valence electrons. The van der Waals surface area contributed by atoms with Crippen LogP contribution in [0.2, 0.25) is 0 Å². The van der Waals surface area contributed by atoms with Gasteiger partial charge in [0.05, 0.1) is 6.54 Å². The molecule has 1 aromatic heterocycles. The molecule has 1 heterocycles. The Labute approximate surface area is 139 Å². The first-order valence-electron chi connectivity index (χ1n) is 7.77. The fraction of sp³-hybridized carbons (Fsp3) is 0.438. The normalized spacial score (nSPS) is 20.3. The molecule has 0 saturated heterocycles. The van der Waals surface area contributed by atoms with Crippen molar-refractivity contribution >= 4 is 22.4 Å². The smallest absolute Gasteiger partial charge is 0.317 e. The average Bonchev–Trinajstić information content (AvgIpc) is 2.98. The third-order valence-corrected chi connectivity index (χ3v) is 5.05. The number of nitrogens with zero attached hydrogens (tertiary/aromatic N) is 3. The Balaban J connectivity index is 1.52. The summed E-state index contributed by atoms with van der Waals surface area (Å²) in [5.41, 5.74) is 1.07. The first kappa shape index (κ1) is 15.9. The molecule has 0 aliphatic heterocycles. The first-order chi connectivity index (χ1) is 11.2. The summed E-state index contributed by atoms with van der Waals surface area (Å²) in [7, 11) is 0. The third kappa shape index (κ3) is 3.86. The maximum atomic E-state index is 10.8. The maximum absolute atomic E-state index is 10.8. The SMILES string of the molecule is CCN(CC(=O)O)C1CC(Nc2nnc(-c3ccccc3)s2)C1. The van der Waals surface area contributed by atoms with E-state index in [-0.39, 0.29) is 6.54 Å². The average molecular weight is 332 g/mol. The van der Waals surface area contributed by atoms with Crippen molar-refractivity contribution in [3.63, 3.8) is 0 Å². The number of nitrogens with one attached hydrogen (secondary N) is 1. The lowest BCUT2D eigenvalue weighted by Crippen LogP contribution is -2.51. The van der Waals surface area contributed by atoms with Gasteiger partial charge in [-0.3, -0.25) is 9.69 Å². The van der Waals surface area contributed by atoms with Crippen LogP contribution in [0.3, 0.4) is 0 Å². The van der Waals surface area contributed by atoms with E-state index in [1.165, 1.54) is 0 Å². The third-order valence-electron chi connectivity index (χ3n) is 4.15. The molecule has 1 aromatic carbocycles. The molecular weight excluding hydrogens is 312 g/mol. The van der Waals surface area contributed by atoms with Gasteiger partial charge in [0, 0.05) is 17.6 Å². The minimum atomic E-state index is -0.764. The van der Waals surface area contributed by atoms with Gasteiger partial charge < -0.3 is 10.4 Å². The number of aromatic nitrogens is 2. The highest BCUT2D eigenvalue weighted by Gasteiger charge is 2.34. The zero-order valence-electron chi connectivity index (χ0n) is 13.0. The molecule has 7 heteroatoms. The molecule has 23 heavy (non-hydrogen) atoms. The highest BCUT2D eigenvalue weighted by atomic mass is 32.1.